The van der Waals surface area contributed by atoms with E-state index in [4.69, 9.17) is 12.2 Å². The highest BCUT2D eigenvalue weighted by Crippen LogP contribution is 2.27. The first-order chi connectivity index (χ1) is 9.97. The Labute approximate surface area is 137 Å². The summed E-state index contributed by atoms with van der Waals surface area (Å²) in [6.07, 6.45) is 0. The number of thioether (sulfide) groups is 1. The third kappa shape index (κ3) is 4.39. The predicted molar refractivity (Wildman–Crippen MR) is 90.9 cm³/mol. The van der Waals surface area contributed by atoms with Gasteiger partial charge in [-0.05, 0) is 45.1 Å². The van der Waals surface area contributed by atoms with E-state index >= 15 is 0 Å². The van der Waals surface area contributed by atoms with Gasteiger partial charge < -0.3 is 5.32 Å². The minimum absolute atomic E-state index is 0.0161. The molecule has 0 saturated heterocycles. The highest BCUT2D eigenvalue weighted by Gasteiger charge is 2.17. The topological polar surface area (TPSA) is 46.9 Å². The van der Waals surface area contributed by atoms with Crippen LogP contribution in [0, 0.1) is 3.95 Å². The number of nitrogens with zero attached hydrogens (tertiary/aromatic N) is 2. The summed E-state index contributed by atoms with van der Waals surface area (Å²) in [5.74, 6) is 0.0161. The number of carbonyl (C=O) groups excluding carboxylic acids is 1. The molecule has 1 unspecified atom stereocenters. The highest BCUT2D eigenvalue weighted by molar-refractivity contribution is 8.02. The zero-order valence-corrected chi connectivity index (χ0v) is 14.5. The molecule has 112 valence electrons. The van der Waals surface area contributed by atoms with E-state index < -0.39 is 0 Å². The maximum atomic E-state index is 11.9. The number of carbonyl (C=O) groups is 1. The Balaban J connectivity index is 2.13. The molecule has 0 fully saturated rings. The summed E-state index contributed by atoms with van der Waals surface area (Å²) in [6, 6.07) is 9.90. The molecule has 2 rings (SSSR count). The summed E-state index contributed by atoms with van der Waals surface area (Å²) >= 11 is 8.20. The average molecular weight is 340 g/mol. The van der Waals surface area contributed by atoms with E-state index in [9.17, 15) is 4.79 Å². The molecule has 2 aromatic rings. The molecule has 1 aromatic heterocycles. The maximum Gasteiger partial charge on any atom is 0.233 e. The van der Waals surface area contributed by atoms with Gasteiger partial charge in [-0.2, -0.15) is 0 Å². The largest absolute Gasteiger partial charge is 0.353 e. The molecule has 1 N–H and O–H groups in total. The van der Waals surface area contributed by atoms with Gasteiger partial charge in [-0.1, -0.05) is 41.3 Å². The van der Waals surface area contributed by atoms with Crippen molar-refractivity contribution in [2.75, 3.05) is 0 Å². The molecule has 0 saturated carbocycles. The Kier molecular flexibility index (Phi) is 5.55. The molecule has 0 spiro atoms. The van der Waals surface area contributed by atoms with E-state index in [1.807, 2.05) is 51.1 Å². The first-order valence-electron chi connectivity index (χ1n) is 6.60. The van der Waals surface area contributed by atoms with E-state index in [2.05, 4.69) is 10.4 Å². The first-order valence-corrected chi connectivity index (χ1v) is 8.70. The minimum Gasteiger partial charge on any atom is -0.353 e. The van der Waals surface area contributed by atoms with Crippen molar-refractivity contribution in [1.82, 2.24) is 15.1 Å². The van der Waals surface area contributed by atoms with Crippen molar-refractivity contribution >= 4 is 41.2 Å². The van der Waals surface area contributed by atoms with Crippen LogP contribution in [0.4, 0.5) is 0 Å². The van der Waals surface area contributed by atoms with Gasteiger partial charge in [0.05, 0.1) is 10.9 Å². The summed E-state index contributed by atoms with van der Waals surface area (Å²) in [5.41, 5.74) is 0.935. The van der Waals surface area contributed by atoms with Crippen LogP contribution in [0.5, 0.6) is 0 Å². The van der Waals surface area contributed by atoms with Crippen LogP contribution >= 0.6 is 35.3 Å². The third-order valence-electron chi connectivity index (χ3n) is 2.61. The molecule has 1 heterocycles. The van der Waals surface area contributed by atoms with Crippen LogP contribution in [0.1, 0.15) is 20.8 Å². The standard InChI is InChI=1S/C14H17N3OS3/c1-9(2)15-12(18)10(3)20-13-16-17(14(19)21-13)11-7-5-4-6-8-11/h4-10H,1-3H3,(H,15,18). The molecule has 0 aliphatic carbocycles. The molecule has 0 aliphatic heterocycles. The normalized spacial score (nSPS) is 12.4. The average Bonchev–Trinajstić information content (AvgIpc) is 2.79. The first kappa shape index (κ1) is 16.2. The number of amides is 1. The Morgan fingerprint density at radius 2 is 2.00 bits per heavy atom. The van der Waals surface area contributed by atoms with Crippen molar-refractivity contribution in [3.63, 3.8) is 0 Å². The number of para-hydroxylation sites is 1. The van der Waals surface area contributed by atoms with E-state index in [1.165, 1.54) is 23.1 Å². The quantitative estimate of drug-likeness (QED) is 0.667. The third-order valence-corrected chi connectivity index (χ3v) is 5.02. The van der Waals surface area contributed by atoms with E-state index in [-0.39, 0.29) is 17.2 Å². The predicted octanol–water partition coefficient (Wildman–Crippen LogP) is 3.67. The number of aromatic nitrogens is 2. The number of hydrogen-bond donors (Lipinski definition) is 1. The van der Waals surface area contributed by atoms with Crippen LogP contribution < -0.4 is 5.32 Å². The van der Waals surface area contributed by atoms with Crippen LogP contribution in [0.25, 0.3) is 5.69 Å². The zero-order valence-electron chi connectivity index (χ0n) is 12.1. The van der Waals surface area contributed by atoms with E-state index in [0.717, 1.165) is 10.0 Å². The summed E-state index contributed by atoms with van der Waals surface area (Å²) in [6.45, 7) is 5.77. The Morgan fingerprint density at radius 3 is 2.62 bits per heavy atom. The lowest BCUT2D eigenvalue weighted by atomic mass is 10.3. The van der Waals surface area contributed by atoms with Crippen LogP contribution in [0.3, 0.4) is 0 Å². The van der Waals surface area contributed by atoms with Gasteiger partial charge in [-0.15, -0.1) is 5.10 Å². The lowest BCUT2D eigenvalue weighted by Crippen LogP contribution is -2.35. The van der Waals surface area contributed by atoms with Gasteiger partial charge in [-0.3, -0.25) is 4.79 Å². The van der Waals surface area contributed by atoms with Gasteiger partial charge in [0.25, 0.3) is 0 Å². The molecule has 7 heteroatoms. The summed E-state index contributed by atoms with van der Waals surface area (Å²) in [5, 5.41) is 7.20. The number of rotatable bonds is 5. The van der Waals surface area contributed by atoms with Gasteiger partial charge in [0, 0.05) is 6.04 Å². The van der Waals surface area contributed by atoms with Crippen LogP contribution in [0.2, 0.25) is 0 Å². The second-order valence-electron chi connectivity index (χ2n) is 4.80. The van der Waals surface area contributed by atoms with Crippen LogP contribution in [-0.2, 0) is 4.79 Å². The van der Waals surface area contributed by atoms with Crippen LogP contribution in [0.15, 0.2) is 34.7 Å². The van der Waals surface area contributed by atoms with Gasteiger partial charge in [-0.25, -0.2) is 4.68 Å². The molecule has 0 bridgehead atoms. The number of benzene rings is 1. The molecule has 1 aromatic carbocycles. The lowest BCUT2D eigenvalue weighted by Gasteiger charge is -2.12. The molecular weight excluding hydrogens is 322 g/mol. The van der Waals surface area contributed by atoms with Gasteiger partial charge in [0.15, 0.2) is 8.29 Å². The second kappa shape index (κ2) is 7.20. The fraction of sp³-hybridized carbons (Fsp3) is 0.357. The summed E-state index contributed by atoms with van der Waals surface area (Å²) < 4.78 is 3.21. The smallest absolute Gasteiger partial charge is 0.233 e. The van der Waals surface area contributed by atoms with Crippen molar-refractivity contribution in [1.29, 1.82) is 0 Å². The van der Waals surface area contributed by atoms with Crippen molar-refractivity contribution in [3.8, 4) is 5.69 Å². The fourth-order valence-electron chi connectivity index (χ4n) is 1.65. The Morgan fingerprint density at radius 1 is 1.33 bits per heavy atom. The van der Waals surface area contributed by atoms with E-state index in [1.54, 1.807) is 4.68 Å². The molecule has 1 amide bonds. The monoisotopic (exact) mass is 339 g/mol. The second-order valence-corrected chi connectivity index (χ2v) is 8.02. The van der Waals surface area contributed by atoms with Crippen molar-refractivity contribution in [2.24, 2.45) is 0 Å². The lowest BCUT2D eigenvalue weighted by molar-refractivity contribution is -0.120. The Bertz CT molecular complexity index is 664. The van der Waals surface area contributed by atoms with Gasteiger partial charge >= 0.3 is 0 Å². The minimum atomic E-state index is -0.197. The molecule has 0 radical (unpaired) electrons. The highest BCUT2D eigenvalue weighted by atomic mass is 32.2. The molecule has 21 heavy (non-hydrogen) atoms. The summed E-state index contributed by atoms with van der Waals surface area (Å²) in [7, 11) is 0. The number of nitrogens with one attached hydrogen (secondary N) is 1. The van der Waals surface area contributed by atoms with Crippen molar-refractivity contribution in [3.05, 3.63) is 34.3 Å². The summed E-state index contributed by atoms with van der Waals surface area (Å²) in [4.78, 5) is 11.9. The van der Waals surface area contributed by atoms with Crippen molar-refractivity contribution < 1.29 is 4.79 Å². The van der Waals surface area contributed by atoms with Gasteiger partial charge in [0.2, 0.25) is 5.91 Å². The Hall–Kier alpha value is -1.18. The molecule has 0 aliphatic rings. The molecule has 4 nitrogen and oxygen atoms in total. The van der Waals surface area contributed by atoms with Crippen LogP contribution in [-0.4, -0.2) is 27.0 Å². The number of hydrogen-bond acceptors (Lipinski definition) is 5. The SMILES string of the molecule is CC(C)NC(=O)C(C)Sc1nn(-c2ccccc2)c(=S)s1. The van der Waals surface area contributed by atoms with E-state index in [0.29, 0.717) is 3.95 Å². The van der Waals surface area contributed by atoms with Gasteiger partial charge in [0.1, 0.15) is 0 Å². The van der Waals surface area contributed by atoms with Crippen molar-refractivity contribution in [2.45, 2.75) is 36.4 Å². The molecule has 1 atom stereocenters. The molecular formula is C14H17N3OS3. The maximum absolute atomic E-state index is 11.9. The fourth-order valence-corrected chi connectivity index (χ4v) is 4.16. The zero-order chi connectivity index (χ0) is 15.4.